The summed E-state index contributed by atoms with van der Waals surface area (Å²) in [5.74, 6) is -1.03. The van der Waals surface area contributed by atoms with Crippen LogP contribution in [0.5, 0.6) is 0 Å². The lowest BCUT2D eigenvalue weighted by Crippen LogP contribution is -2.51. The van der Waals surface area contributed by atoms with E-state index in [4.69, 9.17) is 11.6 Å². The molecule has 0 fully saturated rings. The minimum absolute atomic E-state index is 0.143. The Bertz CT molecular complexity index is 1070. The quantitative estimate of drug-likeness (QED) is 0.447. The standard InChI is InChI=1S/C27H28ClFN2O2/c1-2-16-30-27(33)25(17-20-10-4-3-5-11-20)31(19-22-13-6-8-14-23(22)28)26(32)18-21-12-7-9-15-24(21)29/h3-15,25H,2,16-19H2,1H3,(H,30,33)/t25-/m0/s1. The van der Waals surface area contributed by atoms with Gasteiger partial charge in [-0.1, -0.05) is 85.3 Å². The van der Waals surface area contributed by atoms with Crippen LogP contribution < -0.4 is 5.32 Å². The van der Waals surface area contributed by atoms with Crippen molar-refractivity contribution < 1.29 is 14.0 Å². The van der Waals surface area contributed by atoms with E-state index in [1.165, 1.54) is 11.0 Å². The van der Waals surface area contributed by atoms with E-state index < -0.39 is 11.9 Å². The molecule has 0 spiro atoms. The molecule has 0 aliphatic rings. The molecule has 0 heterocycles. The summed E-state index contributed by atoms with van der Waals surface area (Å²) in [6.45, 7) is 2.62. The highest BCUT2D eigenvalue weighted by Crippen LogP contribution is 2.21. The molecule has 1 N–H and O–H groups in total. The molecule has 4 nitrogen and oxygen atoms in total. The molecule has 3 rings (SSSR count). The number of hydrogen-bond donors (Lipinski definition) is 1. The van der Waals surface area contributed by atoms with E-state index in [1.54, 1.807) is 24.3 Å². The van der Waals surface area contributed by atoms with E-state index in [9.17, 15) is 14.0 Å². The summed E-state index contributed by atoms with van der Waals surface area (Å²) in [5.41, 5.74) is 1.94. The van der Waals surface area contributed by atoms with Crippen LogP contribution in [0.4, 0.5) is 4.39 Å². The van der Waals surface area contributed by atoms with Gasteiger partial charge in [0, 0.05) is 24.5 Å². The maximum Gasteiger partial charge on any atom is 0.243 e. The summed E-state index contributed by atoms with van der Waals surface area (Å²) < 4.78 is 14.3. The van der Waals surface area contributed by atoms with Crippen molar-refractivity contribution in [3.05, 3.63) is 106 Å². The Morgan fingerprint density at radius 1 is 0.939 bits per heavy atom. The zero-order chi connectivity index (χ0) is 23.6. The maximum atomic E-state index is 14.3. The maximum absolute atomic E-state index is 14.3. The van der Waals surface area contributed by atoms with Crippen LogP contribution in [0.15, 0.2) is 78.9 Å². The van der Waals surface area contributed by atoms with Crippen LogP contribution >= 0.6 is 11.6 Å². The smallest absolute Gasteiger partial charge is 0.243 e. The zero-order valence-corrected chi connectivity index (χ0v) is 19.4. The lowest BCUT2D eigenvalue weighted by atomic mass is 10.0. The van der Waals surface area contributed by atoms with Gasteiger partial charge < -0.3 is 10.2 Å². The summed E-state index contributed by atoms with van der Waals surface area (Å²) >= 11 is 6.39. The number of rotatable bonds is 10. The van der Waals surface area contributed by atoms with Crippen molar-refractivity contribution >= 4 is 23.4 Å². The molecule has 0 aromatic heterocycles. The molecule has 0 radical (unpaired) electrons. The largest absolute Gasteiger partial charge is 0.354 e. The van der Waals surface area contributed by atoms with E-state index >= 15 is 0 Å². The van der Waals surface area contributed by atoms with E-state index in [-0.39, 0.29) is 24.8 Å². The molecule has 0 saturated heterocycles. The number of carbonyl (C=O) groups excluding carboxylic acids is 2. The van der Waals surface area contributed by atoms with Crippen molar-refractivity contribution in [1.82, 2.24) is 10.2 Å². The van der Waals surface area contributed by atoms with Crippen molar-refractivity contribution in [2.75, 3.05) is 6.54 Å². The topological polar surface area (TPSA) is 49.4 Å². The molecule has 0 unspecified atom stereocenters. The van der Waals surface area contributed by atoms with Gasteiger partial charge in [0.15, 0.2) is 0 Å². The number of amides is 2. The monoisotopic (exact) mass is 466 g/mol. The average Bonchev–Trinajstić information content (AvgIpc) is 2.83. The molecule has 6 heteroatoms. The molecular weight excluding hydrogens is 439 g/mol. The van der Waals surface area contributed by atoms with E-state index in [0.717, 1.165) is 17.5 Å². The second-order valence-electron chi connectivity index (χ2n) is 7.88. The van der Waals surface area contributed by atoms with Crippen LogP contribution in [0, 0.1) is 5.82 Å². The van der Waals surface area contributed by atoms with Crippen molar-refractivity contribution in [2.45, 2.75) is 38.8 Å². The number of carbonyl (C=O) groups is 2. The summed E-state index contributed by atoms with van der Waals surface area (Å²) in [6.07, 6.45) is 0.963. The number of benzene rings is 3. The highest BCUT2D eigenvalue weighted by atomic mass is 35.5. The zero-order valence-electron chi connectivity index (χ0n) is 18.6. The average molecular weight is 467 g/mol. The molecule has 33 heavy (non-hydrogen) atoms. The Balaban J connectivity index is 1.97. The van der Waals surface area contributed by atoms with Gasteiger partial charge in [-0.15, -0.1) is 0 Å². The van der Waals surface area contributed by atoms with Gasteiger partial charge in [-0.25, -0.2) is 4.39 Å². The van der Waals surface area contributed by atoms with Gasteiger partial charge in [0.1, 0.15) is 11.9 Å². The predicted molar refractivity (Wildman–Crippen MR) is 129 cm³/mol. The van der Waals surface area contributed by atoms with Crippen LogP contribution in [0.25, 0.3) is 0 Å². The van der Waals surface area contributed by atoms with E-state index in [2.05, 4.69) is 5.32 Å². The third kappa shape index (κ3) is 6.90. The second-order valence-corrected chi connectivity index (χ2v) is 8.28. The minimum atomic E-state index is -0.769. The van der Waals surface area contributed by atoms with Crippen LogP contribution in [-0.2, 0) is 29.0 Å². The van der Waals surface area contributed by atoms with Gasteiger partial charge >= 0.3 is 0 Å². The third-order valence-corrected chi connectivity index (χ3v) is 5.79. The molecular formula is C27H28ClFN2O2. The van der Waals surface area contributed by atoms with Gasteiger partial charge in [0.2, 0.25) is 11.8 Å². The van der Waals surface area contributed by atoms with E-state index in [0.29, 0.717) is 23.6 Å². The second kappa shape index (κ2) is 12.2. The lowest BCUT2D eigenvalue weighted by molar-refractivity contribution is -0.140. The van der Waals surface area contributed by atoms with Gasteiger partial charge in [-0.05, 0) is 35.2 Å². The Labute approximate surface area is 199 Å². The molecule has 0 aliphatic carbocycles. The molecule has 2 amide bonds. The summed E-state index contributed by atoms with van der Waals surface area (Å²) in [5, 5.41) is 3.43. The van der Waals surface area contributed by atoms with Gasteiger partial charge in [-0.3, -0.25) is 9.59 Å². The fourth-order valence-corrected chi connectivity index (χ4v) is 3.83. The molecule has 0 saturated carbocycles. The summed E-state index contributed by atoms with van der Waals surface area (Å²) in [6, 6.07) is 22.2. The highest BCUT2D eigenvalue weighted by molar-refractivity contribution is 6.31. The number of nitrogens with zero attached hydrogens (tertiary/aromatic N) is 1. The minimum Gasteiger partial charge on any atom is -0.354 e. The molecule has 3 aromatic carbocycles. The fraction of sp³-hybridized carbons (Fsp3) is 0.259. The van der Waals surface area contributed by atoms with Crippen LogP contribution in [-0.4, -0.2) is 29.3 Å². The summed E-state index contributed by atoms with van der Waals surface area (Å²) in [7, 11) is 0. The number of halogens is 2. The van der Waals surface area contributed by atoms with Crippen molar-refractivity contribution in [3.63, 3.8) is 0 Å². The van der Waals surface area contributed by atoms with Crippen LogP contribution in [0.1, 0.15) is 30.0 Å². The first-order chi connectivity index (χ1) is 16.0. The predicted octanol–water partition coefficient (Wildman–Crippen LogP) is 5.19. The molecule has 3 aromatic rings. The van der Waals surface area contributed by atoms with Crippen molar-refractivity contribution in [3.8, 4) is 0 Å². The Morgan fingerprint density at radius 2 is 1.58 bits per heavy atom. The molecule has 172 valence electrons. The van der Waals surface area contributed by atoms with Crippen LogP contribution in [0.3, 0.4) is 0 Å². The molecule has 0 bridgehead atoms. The Kier molecular flexibility index (Phi) is 9.02. The van der Waals surface area contributed by atoms with Crippen molar-refractivity contribution in [2.24, 2.45) is 0 Å². The van der Waals surface area contributed by atoms with E-state index in [1.807, 2.05) is 55.5 Å². The lowest BCUT2D eigenvalue weighted by Gasteiger charge is -2.32. The Morgan fingerprint density at radius 3 is 2.24 bits per heavy atom. The van der Waals surface area contributed by atoms with Crippen molar-refractivity contribution in [1.29, 1.82) is 0 Å². The fourth-order valence-electron chi connectivity index (χ4n) is 3.64. The van der Waals surface area contributed by atoms with Gasteiger partial charge in [-0.2, -0.15) is 0 Å². The molecule has 1 atom stereocenters. The summed E-state index contributed by atoms with van der Waals surface area (Å²) in [4.78, 5) is 28.3. The first kappa shape index (κ1) is 24.5. The van der Waals surface area contributed by atoms with Crippen LogP contribution in [0.2, 0.25) is 5.02 Å². The number of nitrogens with one attached hydrogen (secondary N) is 1. The third-order valence-electron chi connectivity index (χ3n) is 5.42. The van der Waals surface area contributed by atoms with Gasteiger partial charge in [0.05, 0.1) is 6.42 Å². The first-order valence-electron chi connectivity index (χ1n) is 11.1. The van der Waals surface area contributed by atoms with Gasteiger partial charge in [0.25, 0.3) is 0 Å². The number of hydrogen-bond acceptors (Lipinski definition) is 2. The Hall–Kier alpha value is -3.18. The SMILES string of the molecule is CCCNC(=O)[C@H](Cc1ccccc1)N(Cc1ccccc1Cl)C(=O)Cc1ccccc1F. The highest BCUT2D eigenvalue weighted by Gasteiger charge is 2.31. The molecule has 0 aliphatic heterocycles. The normalized spacial score (nSPS) is 11.6. The first-order valence-corrected chi connectivity index (χ1v) is 11.4.